The van der Waals surface area contributed by atoms with Gasteiger partial charge in [0.2, 0.25) is 15.9 Å². The number of para-hydroxylation sites is 1. The number of sulfonamides is 1. The number of aryl methyl sites for hydroxylation is 1. The lowest BCUT2D eigenvalue weighted by Gasteiger charge is -2.26. The average molecular weight is 414 g/mol. The van der Waals surface area contributed by atoms with Crippen LogP contribution in [0.15, 0.2) is 47.4 Å². The smallest absolute Gasteiger partial charge is 0.246 e. The zero-order chi connectivity index (χ0) is 20.4. The highest BCUT2D eigenvalue weighted by Gasteiger charge is 2.27. The van der Waals surface area contributed by atoms with E-state index in [1.807, 2.05) is 24.3 Å². The summed E-state index contributed by atoms with van der Waals surface area (Å²) in [6.45, 7) is 2.84. The lowest BCUT2D eigenvalue weighted by molar-refractivity contribution is -0.116. The van der Waals surface area contributed by atoms with Crippen molar-refractivity contribution in [3.8, 4) is 0 Å². The number of nitrogens with zero attached hydrogens (tertiary/aromatic N) is 4. The van der Waals surface area contributed by atoms with Crippen LogP contribution in [-0.4, -0.2) is 46.7 Å². The molecule has 0 unspecified atom stereocenters. The van der Waals surface area contributed by atoms with E-state index >= 15 is 0 Å². The van der Waals surface area contributed by atoms with Crippen molar-refractivity contribution in [2.75, 3.05) is 18.4 Å². The third kappa shape index (κ3) is 4.01. The van der Waals surface area contributed by atoms with E-state index < -0.39 is 10.0 Å². The van der Waals surface area contributed by atoms with E-state index in [0.29, 0.717) is 29.9 Å². The Labute approximate surface area is 169 Å². The molecule has 9 heteroatoms. The number of fused-ring (bicyclic) bond motifs is 1. The topological polar surface area (TPSA) is 97.2 Å². The molecule has 0 bridgehead atoms. The Morgan fingerprint density at radius 3 is 2.66 bits per heavy atom. The average Bonchev–Trinajstić information content (AvgIpc) is 3.13. The van der Waals surface area contributed by atoms with Crippen molar-refractivity contribution in [2.45, 2.75) is 37.6 Å². The molecule has 1 amide bonds. The largest absolute Gasteiger partial charge is 0.324 e. The number of rotatable bonds is 5. The highest BCUT2D eigenvalue weighted by molar-refractivity contribution is 7.89. The maximum Gasteiger partial charge on any atom is 0.246 e. The Hall–Kier alpha value is -2.78. The molecule has 1 aromatic heterocycles. The minimum absolute atomic E-state index is 0.0113. The van der Waals surface area contributed by atoms with Gasteiger partial charge in [0.1, 0.15) is 12.1 Å². The maximum atomic E-state index is 13.0. The van der Waals surface area contributed by atoms with Gasteiger partial charge in [-0.15, -0.1) is 5.10 Å². The van der Waals surface area contributed by atoms with Crippen LogP contribution in [0.5, 0.6) is 0 Å². The second-order valence-corrected chi connectivity index (χ2v) is 9.14. The molecule has 0 aliphatic carbocycles. The van der Waals surface area contributed by atoms with Gasteiger partial charge in [-0.25, -0.2) is 13.1 Å². The van der Waals surface area contributed by atoms with E-state index in [2.05, 4.69) is 15.6 Å². The predicted molar refractivity (Wildman–Crippen MR) is 110 cm³/mol. The first-order valence-electron chi connectivity index (χ1n) is 9.64. The van der Waals surface area contributed by atoms with Crippen molar-refractivity contribution in [3.63, 3.8) is 0 Å². The van der Waals surface area contributed by atoms with Crippen molar-refractivity contribution in [1.82, 2.24) is 19.3 Å². The Balaban J connectivity index is 1.53. The molecule has 152 valence electrons. The standard InChI is InChI=1S/C20H23N5O3S/c1-15-9-10-16(13-19(15)29(27,28)24-11-5-2-6-12-24)21-20(26)14-25-18-8-4-3-7-17(18)22-23-25/h3-4,7-10,13H,2,5-6,11-12,14H2,1H3,(H,21,26). The van der Waals surface area contributed by atoms with Crippen molar-refractivity contribution in [2.24, 2.45) is 0 Å². The van der Waals surface area contributed by atoms with E-state index in [1.165, 1.54) is 15.1 Å². The van der Waals surface area contributed by atoms with Crippen LogP contribution in [0.25, 0.3) is 11.0 Å². The summed E-state index contributed by atoms with van der Waals surface area (Å²) in [5.41, 5.74) is 2.59. The molecule has 0 spiro atoms. The van der Waals surface area contributed by atoms with Gasteiger partial charge in [-0.05, 0) is 49.6 Å². The molecule has 1 aliphatic rings. The van der Waals surface area contributed by atoms with E-state index in [0.717, 1.165) is 24.8 Å². The number of nitrogens with one attached hydrogen (secondary N) is 1. The molecule has 0 saturated carbocycles. The van der Waals surface area contributed by atoms with Crippen molar-refractivity contribution in [1.29, 1.82) is 0 Å². The number of benzene rings is 2. The van der Waals surface area contributed by atoms with Crippen LogP contribution in [0.2, 0.25) is 0 Å². The summed E-state index contributed by atoms with van der Waals surface area (Å²) in [5, 5.41) is 10.8. The van der Waals surface area contributed by atoms with E-state index in [4.69, 9.17) is 0 Å². The fraction of sp³-hybridized carbons (Fsp3) is 0.350. The first-order chi connectivity index (χ1) is 13.9. The third-order valence-corrected chi connectivity index (χ3v) is 7.16. The SMILES string of the molecule is Cc1ccc(NC(=O)Cn2nnc3ccccc32)cc1S(=O)(=O)N1CCCCC1. The minimum atomic E-state index is -3.58. The van der Waals surface area contributed by atoms with Crippen LogP contribution >= 0.6 is 0 Å². The number of carbonyl (C=O) groups excluding carboxylic acids is 1. The summed E-state index contributed by atoms with van der Waals surface area (Å²) in [4.78, 5) is 12.8. The van der Waals surface area contributed by atoms with Crippen LogP contribution < -0.4 is 5.32 Å². The maximum absolute atomic E-state index is 13.0. The number of carbonyl (C=O) groups is 1. The van der Waals surface area contributed by atoms with Gasteiger partial charge >= 0.3 is 0 Å². The number of hydrogen-bond donors (Lipinski definition) is 1. The summed E-state index contributed by atoms with van der Waals surface area (Å²) in [7, 11) is -3.58. The van der Waals surface area contributed by atoms with Crippen LogP contribution in [0.1, 0.15) is 24.8 Å². The van der Waals surface area contributed by atoms with Gasteiger partial charge in [0.05, 0.1) is 10.4 Å². The quantitative estimate of drug-likeness (QED) is 0.693. The first kappa shape index (κ1) is 19.5. The molecule has 2 heterocycles. The zero-order valence-electron chi connectivity index (χ0n) is 16.2. The first-order valence-corrected chi connectivity index (χ1v) is 11.1. The molecule has 2 aromatic carbocycles. The Kier molecular flexibility index (Phi) is 5.33. The van der Waals surface area contributed by atoms with Gasteiger partial charge in [0, 0.05) is 18.8 Å². The van der Waals surface area contributed by atoms with E-state index in [-0.39, 0.29) is 17.3 Å². The Morgan fingerprint density at radius 2 is 1.86 bits per heavy atom. The van der Waals surface area contributed by atoms with Gasteiger partial charge in [-0.2, -0.15) is 4.31 Å². The normalized spacial score (nSPS) is 15.5. The fourth-order valence-electron chi connectivity index (χ4n) is 3.57. The number of aromatic nitrogens is 3. The van der Waals surface area contributed by atoms with Crippen molar-refractivity contribution < 1.29 is 13.2 Å². The predicted octanol–water partition coefficient (Wildman–Crippen LogP) is 2.55. The van der Waals surface area contributed by atoms with Gasteiger partial charge in [-0.1, -0.05) is 29.8 Å². The summed E-state index contributed by atoms with van der Waals surface area (Å²) < 4.78 is 29.1. The van der Waals surface area contributed by atoms with Crippen LogP contribution in [0, 0.1) is 6.92 Å². The summed E-state index contributed by atoms with van der Waals surface area (Å²) in [6.07, 6.45) is 2.80. The number of amides is 1. The highest BCUT2D eigenvalue weighted by atomic mass is 32.2. The molecule has 1 saturated heterocycles. The van der Waals surface area contributed by atoms with Gasteiger partial charge in [-0.3, -0.25) is 4.79 Å². The van der Waals surface area contributed by atoms with Gasteiger partial charge in [0.25, 0.3) is 0 Å². The third-order valence-electron chi connectivity index (χ3n) is 5.12. The second kappa shape index (κ2) is 7.92. The van der Waals surface area contributed by atoms with E-state index in [9.17, 15) is 13.2 Å². The molecular weight excluding hydrogens is 390 g/mol. The monoisotopic (exact) mass is 413 g/mol. The zero-order valence-corrected chi connectivity index (χ0v) is 17.0. The van der Waals surface area contributed by atoms with Crippen LogP contribution in [0.3, 0.4) is 0 Å². The molecule has 0 atom stereocenters. The van der Waals surface area contributed by atoms with Crippen molar-refractivity contribution >= 4 is 32.7 Å². The lowest BCUT2D eigenvalue weighted by Crippen LogP contribution is -2.36. The Bertz CT molecular complexity index is 1150. The van der Waals surface area contributed by atoms with Gasteiger partial charge < -0.3 is 5.32 Å². The fourth-order valence-corrected chi connectivity index (χ4v) is 5.34. The lowest BCUT2D eigenvalue weighted by atomic mass is 10.2. The summed E-state index contributed by atoms with van der Waals surface area (Å²) in [5.74, 6) is -0.300. The molecule has 1 N–H and O–H groups in total. The molecule has 4 rings (SSSR count). The second-order valence-electron chi connectivity index (χ2n) is 7.23. The summed E-state index contributed by atoms with van der Waals surface area (Å²) >= 11 is 0. The number of hydrogen-bond acceptors (Lipinski definition) is 5. The van der Waals surface area contributed by atoms with Crippen LogP contribution in [0.4, 0.5) is 5.69 Å². The van der Waals surface area contributed by atoms with Crippen LogP contribution in [-0.2, 0) is 21.4 Å². The molecule has 3 aromatic rings. The highest BCUT2D eigenvalue weighted by Crippen LogP contribution is 2.26. The molecule has 1 aliphatic heterocycles. The molecular formula is C20H23N5O3S. The number of piperidine rings is 1. The van der Waals surface area contributed by atoms with Crippen molar-refractivity contribution in [3.05, 3.63) is 48.0 Å². The van der Waals surface area contributed by atoms with Gasteiger partial charge in [0.15, 0.2) is 0 Å². The van der Waals surface area contributed by atoms with E-state index in [1.54, 1.807) is 19.1 Å². The molecule has 8 nitrogen and oxygen atoms in total. The molecule has 0 radical (unpaired) electrons. The summed E-state index contributed by atoms with van der Waals surface area (Å²) in [6, 6.07) is 12.4. The molecule has 29 heavy (non-hydrogen) atoms. The minimum Gasteiger partial charge on any atom is -0.324 e. The molecule has 1 fully saturated rings. The Morgan fingerprint density at radius 1 is 1.10 bits per heavy atom. The number of anilines is 1.